The third-order valence-corrected chi connectivity index (χ3v) is 4.52. The molecule has 0 radical (unpaired) electrons. The van der Waals surface area contributed by atoms with Crippen LogP contribution in [0.5, 0.6) is 0 Å². The van der Waals surface area contributed by atoms with Crippen molar-refractivity contribution in [3.8, 4) is 0 Å². The van der Waals surface area contributed by atoms with Crippen molar-refractivity contribution in [2.45, 2.75) is 25.4 Å². The highest BCUT2D eigenvalue weighted by Crippen LogP contribution is 2.24. The molecule has 2 nitrogen and oxygen atoms in total. The molecule has 0 spiro atoms. The summed E-state index contributed by atoms with van der Waals surface area (Å²) < 4.78 is 1.11. The van der Waals surface area contributed by atoms with Gasteiger partial charge in [-0.1, -0.05) is 28.1 Å². The predicted molar refractivity (Wildman–Crippen MR) is 86.2 cm³/mol. The Morgan fingerprint density at radius 3 is 2.72 bits per heavy atom. The molecule has 102 valence electrons. The zero-order valence-electron chi connectivity index (χ0n) is 11.4. The van der Waals surface area contributed by atoms with Crippen molar-refractivity contribution in [1.82, 2.24) is 4.90 Å². The van der Waals surface area contributed by atoms with E-state index in [2.05, 4.69) is 59.3 Å². The number of hydrogen-bond acceptors (Lipinski definition) is 3. The Bertz CT molecular complexity index is 359. The Hall–Kier alpha value is -0.0300. The highest BCUT2D eigenvalue weighted by molar-refractivity contribution is 9.10. The molecule has 2 unspecified atom stereocenters. The molecule has 0 saturated carbocycles. The number of nitrogens with zero attached hydrogens (tertiary/aromatic N) is 1. The fraction of sp³-hybridized carbons (Fsp3) is 0.571. The zero-order chi connectivity index (χ0) is 13.5. The summed E-state index contributed by atoms with van der Waals surface area (Å²) in [6.07, 6.45) is 3.35. The molecule has 1 rings (SSSR count). The van der Waals surface area contributed by atoms with E-state index in [9.17, 15) is 0 Å². The van der Waals surface area contributed by atoms with E-state index in [4.69, 9.17) is 5.73 Å². The lowest BCUT2D eigenvalue weighted by molar-refractivity contribution is 0.185. The molecule has 0 fully saturated rings. The first-order chi connectivity index (χ1) is 8.60. The van der Waals surface area contributed by atoms with Crippen LogP contribution in [0, 0.1) is 0 Å². The zero-order valence-corrected chi connectivity index (χ0v) is 13.8. The average molecular weight is 331 g/mol. The minimum atomic E-state index is 0.291. The molecule has 0 heterocycles. The topological polar surface area (TPSA) is 29.3 Å². The minimum absolute atomic E-state index is 0.291. The van der Waals surface area contributed by atoms with Gasteiger partial charge in [0.15, 0.2) is 0 Å². The van der Waals surface area contributed by atoms with Crippen LogP contribution in [0.25, 0.3) is 0 Å². The van der Waals surface area contributed by atoms with Crippen LogP contribution in [0.3, 0.4) is 0 Å². The molecule has 0 amide bonds. The number of rotatable bonds is 7. The molecule has 0 aliphatic carbocycles. The molecule has 2 atom stereocenters. The van der Waals surface area contributed by atoms with E-state index >= 15 is 0 Å². The first-order valence-electron chi connectivity index (χ1n) is 6.26. The maximum Gasteiger partial charge on any atom is 0.0470 e. The van der Waals surface area contributed by atoms with E-state index in [-0.39, 0.29) is 0 Å². The largest absolute Gasteiger partial charge is 0.329 e. The summed E-state index contributed by atoms with van der Waals surface area (Å²) in [5, 5.41) is 0. The molecule has 2 N–H and O–H groups in total. The van der Waals surface area contributed by atoms with Crippen molar-refractivity contribution in [2.75, 3.05) is 25.6 Å². The van der Waals surface area contributed by atoms with Crippen molar-refractivity contribution in [2.24, 2.45) is 5.73 Å². The Morgan fingerprint density at radius 2 is 2.17 bits per heavy atom. The maximum absolute atomic E-state index is 5.96. The Balaban J connectivity index is 2.76. The fourth-order valence-electron chi connectivity index (χ4n) is 2.05. The van der Waals surface area contributed by atoms with Gasteiger partial charge in [0.1, 0.15) is 0 Å². The van der Waals surface area contributed by atoms with Crippen molar-refractivity contribution in [3.63, 3.8) is 0 Å². The lowest BCUT2D eigenvalue weighted by Gasteiger charge is -2.33. The van der Waals surface area contributed by atoms with Gasteiger partial charge < -0.3 is 5.73 Å². The molecular formula is C14H23BrN2S. The summed E-state index contributed by atoms with van der Waals surface area (Å²) in [4.78, 5) is 2.39. The number of halogens is 1. The van der Waals surface area contributed by atoms with Crippen LogP contribution in [0.4, 0.5) is 0 Å². The van der Waals surface area contributed by atoms with Gasteiger partial charge in [-0.2, -0.15) is 11.8 Å². The molecule has 1 aromatic rings. The highest BCUT2D eigenvalue weighted by Gasteiger charge is 2.20. The number of likely N-dealkylation sites (N-methyl/N-ethyl adjacent to an activating group) is 1. The molecular weight excluding hydrogens is 308 g/mol. The van der Waals surface area contributed by atoms with Gasteiger partial charge in [0.05, 0.1) is 0 Å². The van der Waals surface area contributed by atoms with Gasteiger partial charge in [-0.25, -0.2) is 0 Å². The molecule has 0 saturated heterocycles. The normalized spacial score (nSPS) is 14.8. The molecule has 0 aromatic heterocycles. The van der Waals surface area contributed by atoms with E-state index in [1.54, 1.807) is 0 Å². The first kappa shape index (κ1) is 16.0. The summed E-state index contributed by atoms with van der Waals surface area (Å²) in [7, 11) is 2.17. The van der Waals surface area contributed by atoms with Gasteiger partial charge in [0, 0.05) is 23.1 Å². The highest BCUT2D eigenvalue weighted by atomic mass is 79.9. The number of hydrogen-bond donors (Lipinski definition) is 1. The SMILES string of the molecule is CSCCC(C)N(C)C(CN)c1cccc(Br)c1. The summed E-state index contributed by atoms with van der Waals surface area (Å²) in [5.41, 5.74) is 7.24. The quantitative estimate of drug-likeness (QED) is 0.829. The summed E-state index contributed by atoms with van der Waals surface area (Å²) in [6.45, 7) is 2.92. The van der Waals surface area contributed by atoms with Crippen molar-refractivity contribution >= 4 is 27.7 Å². The van der Waals surface area contributed by atoms with E-state index in [1.165, 1.54) is 17.7 Å². The smallest absolute Gasteiger partial charge is 0.0470 e. The lowest BCUT2D eigenvalue weighted by Crippen LogP contribution is -2.37. The summed E-state index contributed by atoms with van der Waals surface area (Å²) in [6, 6.07) is 9.27. The summed E-state index contributed by atoms with van der Waals surface area (Å²) in [5.74, 6) is 1.20. The van der Waals surface area contributed by atoms with Crippen LogP contribution < -0.4 is 5.73 Å². The fourth-order valence-corrected chi connectivity index (χ4v) is 3.04. The molecule has 0 bridgehead atoms. The third-order valence-electron chi connectivity index (χ3n) is 3.38. The molecule has 0 aliphatic rings. The minimum Gasteiger partial charge on any atom is -0.329 e. The summed E-state index contributed by atoms with van der Waals surface area (Å²) >= 11 is 5.42. The second kappa shape index (κ2) is 8.20. The van der Waals surface area contributed by atoms with Gasteiger partial charge in [-0.3, -0.25) is 4.90 Å². The van der Waals surface area contributed by atoms with Gasteiger partial charge >= 0.3 is 0 Å². The van der Waals surface area contributed by atoms with Crippen LogP contribution >= 0.6 is 27.7 Å². The van der Waals surface area contributed by atoms with Gasteiger partial charge in [-0.15, -0.1) is 0 Å². The molecule has 0 aliphatic heterocycles. The number of thioether (sulfide) groups is 1. The first-order valence-corrected chi connectivity index (χ1v) is 8.45. The van der Waals surface area contributed by atoms with Crippen LogP contribution in [0.2, 0.25) is 0 Å². The predicted octanol–water partition coefficient (Wildman–Crippen LogP) is 3.52. The molecule has 4 heteroatoms. The lowest BCUT2D eigenvalue weighted by atomic mass is 10.0. The van der Waals surface area contributed by atoms with Crippen molar-refractivity contribution in [3.05, 3.63) is 34.3 Å². The second-order valence-corrected chi connectivity index (χ2v) is 6.50. The number of nitrogens with two attached hydrogens (primary N) is 1. The Kier molecular flexibility index (Phi) is 7.30. The van der Waals surface area contributed by atoms with Crippen molar-refractivity contribution < 1.29 is 0 Å². The monoisotopic (exact) mass is 330 g/mol. The van der Waals surface area contributed by atoms with E-state index in [1.807, 2.05) is 17.8 Å². The van der Waals surface area contributed by atoms with Crippen LogP contribution in [-0.2, 0) is 0 Å². The Morgan fingerprint density at radius 1 is 1.44 bits per heavy atom. The average Bonchev–Trinajstić information content (AvgIpc) is 2.36. The van der Waals surface area contributed by atoms with E-state index in [0.29, 0.717) is 18.6 Å². The number of benzene rings is 1. The van der Waals surface area contributed by atoms with E-state index in [0.717, 1.165) is 4.47 Å². The Labute approximate surface area is 123 Å². The maximum atomic E-state index is 5.96. The van der Waals surface area contributed by atoms with Crippen molar-refractivity contribution in [1.29, 1.82) is 0 Å². The standard InChI is InChI=1S/C14H23BrN2S/c1-11(7-8-18-3)17(2)14(10-16)12-5-4-6-13(15)9-12/h4-6,9,11,14H,7-8,10,16H2,1-3H3. The molecule has 1 aromatic carbocycles. The van der Waals surface area contributed by atoms with Gasteiger partial charge in [-0.05, 0) is 50.1 Å². The van der Waals surface area contributed by atoms with E-state index < -0.39 is 0 Å². The van der Waals surface area contributed by atoms with Gasteiger partial charge in [0.2, 0.25) is 0 Å². The van der Waals surface area contributed by atoms with Crippen LogP contribution in [0.15, 0.2) is 28.7 Å². The third kappa shape index (κ3) is 4.57. The molecule has 18 heavy (non-hydrogen) atoms. The van der Waals surface area contributed by atoms with Gasteiger partial charge in [0.25, 0.3) is 0 Å². The second-order valence-electron chi connectivity index (χ2n) is 4.60. The van der Waals surface area contributed by atoms with Crippen LogP contribution in [-0.4, -0.2) is 36.5 Å². The van der Waals surface area contributed by atoms with Crippen LogP contribution in [0.1, 0.15) is 24.9 Å².